The van der Waals surface area contributed by atoms with E-state index in [9.17, 15) is 0 Å². The van der Waals surface area contributed by atoms with Crippen molar-refractivity contribution in [1.82, 2.24) is 19.8 Å². The zero-order valence-electron chi connectivity index (χ0n) is 9.38. The molecule has 4 rings (SSSR count). The number of nitrogens with zero attached hydrogens (tertiary/aromatic N) is 4. The number of rotatable bonds is 2. The number of halogens is 1. The minimum absolute atomic E-state index is 0.648. The van der Waals surface area contributed by atoms with Gasteiger partial charge in [0.25, 0.3) is 0 Å². The average Bonchev–Trinajstić information content (AvgIpc) is 3.02. The summed E-state index contributed by atoms with van der Waals surface area (Å²) in [6.45, 7) is 0. The van der Waals surface area contributed by atoms with Crippen LogP contribution < -0.4 is 0 Å². The zero-order valence-corrected chi connectivity index (χ0v) is 10.9. The summed E-state index contributed by atoms with van der Waals surface area (Å²) in [6.07, 6.45) is 2.50. The van der Waals surface area contributed by atoms with Crippen LogP contribution in [0.4, 0.5) is 0 Å². The van der Waals surface area contributed by atoms with Crippen LogP contribution in [-0.2, 0) is 0 Å². The molecule has 2 aromatic heterocycles. The van der Waals surface area contributed by atoms with Crippen molar-refractivity contribution in [1.29, 1.82) is 0 Å². The van der Waals surface area contributed by atoms with Gasteiger partial charge in [0, 0.05) is 16.5 Å². The number of hydrogen-bond acceptors (Lipinski definition) is 4. The van der Waals surface area contributed by atoms with Crippen LogP contribution in [0.25, 0.3) is 16.3 Å². The van der Waals surface area contributed by atoms with Crippen molar-refractivity contribution in [3.05, 3.63) is 34.3 Å². The van der Waals surface area contributed by atoms with Gasteiger partial charge in [-0.05, 0) is 37.1 Å². The Balaban J connectivity index is 1.85. The maximum absolute atomic E-state index is 5.89. The van der Waals surface area contributed by atoms with Crippen molar-refractivity contribution in [2.24, 2.45) is 0 Å². The first kappa shape index (κ1) is 10.5. The SMILES string of the molecule is Clc1ccc(-c2nnc3sc(C4CC4)nn23)cc1. The van der Waals surface area contributed by atoms with Crippen LogP contribution in [0.2, 0.25) is 5.02 Å². The number of aromatic nitrogens is 4. The van der Waals surface area contributed by atoms with Crippen LogP contribution in [0.15, 0.2) is 24.3 Å². The van der Waals surface area contributed by atoms with E-state index in [4.69, 9.17) is 11.6 Å². The van der Waals surface area contributed by atoms with Gasteiger partial charge in [-0.3, -0.25) is 0 Å². The highest BCUT2D eigenvalue weighted by Gasteiger charge is 2.28. The summed E-state index contributed by atoms with van der Waals surface area (Å²) in [4.78, 5) is 0.863. The Morgan fingerprint density at radius 3 is 2.67 bits per heavy atom. The normalized spacial score (nSPS) is 15.4. The molecule has 1 aliphatic carbocycles. The lowest BCUT2D eigenvalue weighted by Crippen LogP contribution is -1.91. The summed E-state index contributed by atoms with van der Waals surface area (Å²) in [6, 6.07) is 7.59. The van der Waals surface area contributed by atoms with Crippen LogP contribution in [0, 0.1) is 0 Å². The fraction of sp³-hybridized carbons (Fsp3) is 0.250. The standard InChI is InChI=1S/C12H9ClN4S/c13-9-5-3-7(4-6-9)10-14-15-12-17(10)16-11(18-12)8-1-2-8/h3-6,8H,1-2H2. The molecular formula is C12H9ClN4S. The molecule has 0 N–H and O–H groups in total. The molecule has 1 aromatic carbocycles. The van der Waals surface area contributed by atoms with Crippen LogP contribution in [-0.4, -0.2) is 19.8 Å². The van der Waals surface area contributed by atoms with E-state index in [0.717, 1.165) is 21.4 Å². The molecule has 1 fully saturated rings. The smallest absolute Gasteiger partial charge is 0.183 e. The molecule has 1 saturated carbocycles. The van der Waals surface area contributed by atoms with Crippen LogP contribution in [0.1, 0.15) is 23.8 Å². The summed E-state index contributed by atoms with van der Waals surface area (Å²) in [7, 11) is 0. The van der Waals surface area contributed by atoms with Gasteiger partial charge in [0.1, 0.15) is 5.01 Å². The van der Waals surface area contributed by atoms with E-state index in [1.54, 1.807) is 11.3 Å². The van der Waals surface area contributed by atoms with Crippen molar-refractivity contribution in [2.75, 3.05) is 0 Å². The van der Waals surface area contributed by atoms with Crippen LogP contribution in [0.5, 0.6) is 0 Å². The van der Waals surface area contributed by atoms with Crippen molar-refractivity contribution >= 4 is 27.9 Å². The molecule has 0 unspecified atom stereocenters. The van der Waals surface area contributed by atoms with E-state index >= 15 is 0 Å². The quantitative estimate of drug-likeness (QED) is 0.721. The van der Waals surface area contributed by atoms with Gasteiger partial charge in [-0.25, -0.2) is 0 Å². The maximum atomic E-state index is 5.89. The highest BCUT2D eigenvalue weighted by atomic mass is 35.5. The molecule has 18 heavy (non-hydrogen) atoms. The molecule has 0 saturated heterocycles. The predicted octanol–water partition coefficient (Wildman–Crippen LogP) is 3.38. The van der Waals surface area contributed by atoms with E-state index < -0.39 is 0 Å². The summed E-state index contributed by atoms with van der Waals surface area (Å²) >= 11 is 7.53. The third-order valence-electron chi connectivity index (χ3n) is 3.04. The molecule has 3 aromatic rings. The Hall–Kier alpha value is -1.46. The molecule has 6 heteroatoms. The van der Waals surface area contributed by atoms with E-state index in [-0.39, 0.29) is 0 Å². The number of fused-ring (bicyclic) bond motifs is 1. The van der Waals surface area contributed by atoms with Gasteiger partial charge in [-0.1, -0.05) is 22.9 Å². The first-order chi connectivity index (χ1) is 8.81. The highest BCUT2D eigenvalue weighted by Crippen LogP contribution is 2.42. The highest BCUT2D eigenvalue weighted by molar-refractivity contribution is 7.16. The second-order valence-corrected chi connectivity index (χ2v) is 5.86. The van der Waals surface area contributed by atoms with Gasteiger partial charge < -0.3 is 0 Å². The molecule has 2 heterocycles. The monoisotopic (exact) mass is 276 g/mol. The fourth-order valence-corrected chi connectivity index (χ4v) is 3.04. The summed E-state index contributed by atoms with van der Waals surface area (Å²) in [5.74, 6) is 1.43. The first-order valence-corrected chi connectivity index (χ1v) is 6.99. The average molecular weight is 277 g/mol. The molecule has 0 aliphatic heterocycles. The molecule has 90 valence electrons. The van der Waals surface area contributed by atoms with Gasteiger partial charge in [0.2, 0.25) is 4.96 Å². The molecule has 0 radical (unpaired) electrons. The molecule has 4 nitrogen and oxygen atoms in total. The van der Waals surface area contributed by atoms with Crippen LogP contribution in [0.3, 0.4) is 0 Å². The summed E-state index contributed by atoms with van der Waals surface area (Å²) < 4.78 is 1.83. The lowest BCUT2D eigenvalue weighted by atomic mass is 10.2. The Kier molecular flexibility index (Phi) is 2.19. The Bertz CT molecular complexity index is 711. The molecular weight excluding hydrogens is 268 g/mol. The summed E-state index contributed by atoms with van der Waals surface area (Å²) in [5, 5.41) is 14.9. The minimum atomic E-state index is 0.648. The zero-order chi connectivity index (χ0) is 12.1. The predicted molar refractivity (Wildman–Crippen MR) is 71.1 cm³/mol. The topological polar surface area (TPSA) is 43.1 Å². The van der Waals surface area contributed by atoms with Gasteiger partial charge in [0.15, 0.2) is 5.82 Å². The fourth-order valence-electron chi connectivity index (χ4n) is 1.91. The van der Waals surface area contributed by atoms with E-state index in [1.807, 2.05) is 28.8 Å². The lowest BCUT2D eigenvalue weighted by molar-refractivity contribution is 0.902. The van der Waals surface area contributed by atoms with E-state index in [1.165, 1.54) is 17.8 Å². The van der Waals surface area contributed by atoms with Crippen molar-refractivity contribution in [3.8, 4) is 11.4 Å². The molecule has 0 spiro atoms. The van der Waals surface area contributed by atoms with Gasteiger partial charge in [-0.15, -0.1) is 10.2 Å². The van der Waals surface area contributed by atoms with Crippen molar-refractivity contribution < 1.29 is 0 Å². The molecule has 0 atom stereocenters. The van der Waals surface area contributed by atoms with E-state index in [0.29, 0.717) is 5.92 Å². The first-order valence-electron chi connectivity index (χ1n) is 5.79. The maximum Gasteiger partial charge on any atom is 0.234 e. The van der Waals surface area contributed by atoms with Crippen molar-refractivity contribution in [2.45, 2.75) is 18.8 Å². The number of hydrogen-bond donors (Lipinski definition) is 0. The second kappa shape index (κ2) is 3.76. The summed E-state index contributed by atoms with van der Waals surface area (Å²) in [5.41, 5.74) is 0.986. The molecule has 0 bridgehead atoms. The van der Waals surface area contributed by atoms with Crippen LogP contribution >= 0.6 is 22.9 Å². The Morgan fingerprint density at radius 1 is 1.17 bits per heavy atom. The Morgan fingerprint density at radius 2 is 1.94 bits per heavy atom. The third-order valence-corrected chi connectivity index (χ3v) is 4.35. The largest absolute Gasteiger partial charge is 0.234 e. The third kappa shape index (κ3) is 1.62. The van der Waals surface area contributed by atoms with Gasteiger partial charge >= 0.3 is 0 Å². The molecule has 0 amide bonds. The second-order valence-electron chi connectivity index (χ2n) is 4.44. The van der Waals surface area contributed by atoms with Crippen molar-refractivity contribution in [3.63, 3.8) is 0 Å². The number of benzene rings is 1. The lowest BCUT2D eigenvalue weighted by Gasteiger charge is -1.96. The van der Waals surface area contributed by atoms with E-state index in [2.05, 4.69) is 15.3 Å². The Labute approximate surface area is 112 Å². The van der Waals surface area contributed by atoms with Gasteiger partial charge in [0.05, 0.1) is 0 Å². The molecule has 1 aliphatic rings. The minimum Gasteiger partial charge on any atom is -0.183 e. The van der Waals surface area contributed by atoms with Gasteiger partial charge in [-0.2, -0.15) is 9.61 Å².